The summed E-state index contributed by atoms with van der Waals surface area (Å²) in [6, 6.07) is 6.43. The van der Waals surface area contributed by atoms with E-state index in [1.54, 1.807) is 0 Å². The van der Waals surface area contributed by atoms with Crippen LogP contribution in [0, 0.1) is 0 Å². The van der Waals surface area contributed by atoms with Crippen molar-refractivity contribution in [1.82, 2.24) is 9.78 Å². The fourth-order valence-electron chi connectivity index (χ4n) is 2.27. The molecule has 1 heterocycles. The Labute approximate surface area is 96.2 Å². The molecule has 16 heavy (non-hydrogen) atoms. The Hall–Kier alpha value is -1.35. The molecular formula is C13H19N3. The SMILES string of the molecule is CC(C)c1c2cc(CCN)ccc2nn1C. The topological polar surface area (TPSA) is 43.8 Å². The third-order valence-electron chi connectivity index (χ3n) is 2.92. The van der Waals surface area contributed by atoms with Crippen LogP contribution in [0.5, 0.6) is 0 Å². The van der Waals surface area contributed by atoms with Crippen LogP contribution in [0.4, 0.5) is 0 Å². The molecule has 0 aliphatic carbocycles. The van der Waals surface area contributed by atoms with Crippen molar-refractivity contribution in [2.24, 2.45) is 12.8 Å². The van der Waals surface area contributed by atoms with E-state index in [0.29, 0.717) is 12.5 Å². The highest BCUT2D eigenvalue weighted by Gasteiger charge is 2.12. The van der Waals surface area contributed by atoms with Gasteiger partial charge in [0.25, 0.3) is 0 Å². The molecule has 3 heteroatoms. The van der Waals surface area contributed by atoms with Gasteiger partial charge in [0, 0.05) is 18.1 Å². The second-order valence-corrected chi connectivity index (χ2v) is 4.55. The van der Waals surface area contributed by atoms with Crippen LogP contribution in [0.1, 0.15) is 31.0 Å². The number of aromatic nitrogens is 2. The number of hydrogen-bond donors (Lipinski definition) is 1. The number of rotatable bonds is 3. The van der Waals surface area contributed by atoms with Gasteiger partial charge in [0.05, 0.1) is 5.52 Å². The summed E-state index contributed by atoms with van der Waals surface area (Å²) in [7, 11) is 2.01. The third-order valence-corrected chi connectivity index (χ3v) is 2.92. The first-order chi connectivity index (χ1) is 7.63. The van der Waals surface area contributed by atoms with Gasteiger partial charge in [-0.3, -0.25) is 4.68 Å². The van der Waals surface area contributed by atoms with Gasteiger partial charge in [-0.25, -0.2) is 0 Å². The van der Waals surface area contributed by atoms with E-state index in [1.807, 2.05) is 11.7 Å². The van der Waals surface area contributed by atoms with Gasteiger partial charge in [0.2, 0.25) is 0 Å². The molecule has 86 valence electrons. The summed E-state index contributed by atoms with van der Waals surface area (Å²) in [6.45, 7) is 5.10. The highest BCUT2D eigenvalue weighted by Crippen LogP contribution is 2.25. The summed E-state index contributed by atoms with van der Waals surface area (Å²) in [6.07, 6.45) is 0.933. The van der Waals surface area contributed by atoms with Crippen molar-refractivity contribution in [3.63, 3.8) is 0 Å². The lowest BCUT2D eigenvalue weighted by molar-refractivity contribution is 0.677. The van der Waals surface area contributed by atoms with E-state index in [2.05, 4.69) is 37.1 Å². The van der Waals surface area contributed by atoms with Gasteiger partial charge in [-0.2, -0.15) is 5.10 Å². The molecule has 2 rings (SSSR count). The van der Waals surface area contributed by atoms with Crippen molar-refractivity contribution in [1.29, 1.82) is 0 Å². The smallest absolute Gasteiger partial charge is 0.0926 e. The normalized spacial score (nSPS) is 11.6. The van der Waals surface area contributed by atoms with Gasteiger partial charge in [-0.15, -0.1) is 0 Å². The van der Waals surface area contributed by atoms with Crippen molar-refractivity contribution in [3.05, 3.63) is 29.5 Å². The van der Waals surface area contributed by atoms with Gasteiger partial charge >= 0.3 is 0 Å². The summed E-state index contributed by atoms with van der Waals surface area (Å²) in [4.78, 5) is 0. The minimum Gasteiger partial charge on any atom is -0.330 e. The lowest BCUT2D eigenvalue weighted by atomic mass is 10.0. The van der Waals surface area contributed by atoms with Crippen molar-refractivity contribution < 1.29 is 0 Å². The minimum atomic E-state index is 0.489. The van der Waals surface area contributed by atoms with Gasteiger partial charge in [0.15, 0.2) is 0 Å². The molecule has 2 N–H and O–H groups in total. The fourth-order valence-corrected chi connectivity index (χ4v) is 2.27. The molecule has 0 spiro atoms. The van der Waals surface area contributed by atoms with E-state index in [4.69, 9.17) is 5.73 Å². The summed E-state index contributed by atoms with van der Waals surface area (Å²) >= 11 is 0. The van der Waals surface area contributed by atoms with Crippen LogP contribution in [-0.4, -0.2) is 16.3 Å². The van der Waals surface area contributed by atoms with Crippen LogP contribution < -0.4 is 5.73 Å². The van der Waals surface area contributed by atoms with Crippen LogP contribution in [0.25, 0.3) is 10.9 Å². The van der Waals surface area contributed by atoms with Crippen molar-refractivity contribution in [2.45, 2.75) is 26.2 Å². The first-order valence-corrected chi connectivity index (χ1v) is 5.79. The molecule has 0 aliphatic rings. The Morgan fingerprint density at radius 3 is 2.75 bits per heavy atom. The number of fused-ring (bicyclic) bond motifs is 1. The monoisotopic (exact) mass is 217 g/mol. The Morgan fingerprint density at radius 1 is 1.38 bits per heavy atom. The van der Waals surface area contributed by atoms with Gasteiger partial charge in [0.1, 0.15) is 0 Å². The maximum atomic E-state index is 5.59. The van der Waals surface area contributed by atoms with Gasteiger partial charge in [-0.1, -0.05) is 19.9 Å². The maximum absolute atomic E-state index is 5.59. The molecule has 0 fully saturated rings. The molecule has 0 amide bonds. The zero-order valence-corrected chi connectivity index (χ0v) is 10.2. The summed E-state index contributed by atoms with van der Waals surface area (Å²) in [5, 5.41) is 5.79. The lowest BCUT2D eigenvalue weighted by Gasteiger charge is -2.06. The molecule has 0 radical (unpaired) electrons. The van der Waals surface area contributed by atoms with Crippen molar-refractivity contribution >= 4 is 10.9 Å². The van der Waals surface area contributed by atoms with Gasteiger partial charge < -0.3 is 5.73 Å². The molecule has 0 saturated heterocycles. The molecule has 0 aliphatic heterocycles. The molecule has 1 aromatic heterocycles. The molecule has 3 nitrogen and oxygen atoms in total. The van der Waals surface area contributed by atoms with E-state index in [0.717, 1.165) is 11.9 Å². The van der Waals surface area contributed by atoms with Crippen LogP contribution in [0.3, 0.4) is 0 Å². The second kappa shape index (κ2) is 4.26. The summed E-state index contributed by atoms with van der Waals surface area (Å²) in [5.74, 6) is 0.489. The van der Waals surface area contributed by atoms with E-state index >= 15 is 0 Å². The lowest BCUT2D eigenvalue weighted by Crippen LogP contribution is -2.02. The Morgan fingerprint density at radius 2 is 2.12 bits per heavy atom. The molecule has 0 unspecified atom stereocenters. The maximum Gasteiger partial charge on any atom is 0.0926 e. The quantitative estimate of drug-likeness (QED) is 0.856. The highest BCUT2D eigenvalue weighted by molar-refractivity contribution is 5.82. The van der Waals surface area contributed by atoms with Gasteiger partial charge in [-0.05, 0) is 36.6 Å². The molecular weight excluding hydrogens is 198 g/mol. The van der Waals surface area contributed by atoms with E-state index in [9.17, 15) is 0 Å². The Bertz CT molecular complexity index is 497. The number of hydrogen-bond acceptors (Lipinski definition) is 2. The zero-order valence-electron chi connectivity index (χ0n) is 10.2. The highest BCUT2D eigenvalue weighted by atomic mass is 15.3. The third kappa shape index (κ3) is 1.83. The first-order valence-electron chi connectivity index (χ1n) is 5.79. The average molecular weight is 217 g/mol. The number of nitrogens with zero attached hydrogens (tertiary/aromatic N) is 2. The Balaban J connectivity index is 2.60. The predicted octanol–water partition coefficient (Wildman–Crippen LogP) is 2.20. The second-order valence-electron chi connectivity index (χ2n) is 4.55. The van der Waals surface area contributed by atoms with E-state index < -0.39 is 0 Å². The molecule has 2 aromatic rings. The van der Waals surface area contributed by atoms with E-state index in [1.165, 1.54) is 16.6 Å². The van der Waals surface area contributed by atoms with Crippen molar-refractivity contribution in [2.75, 3.05) is 6.54 Å². The average Bonchev–Trinajstić information content (AvgIpc) is 2.53. The summed E-state index contributed by atoms with van der Waals surface area (Å²) in [5.41, 5.74) is 9.26. The van der Waals surface area contributed by atoms with Crippen LogP contribution in [0.15, 0.2) is 18.2 Å². The van der Waals surface area contributed by atoms with Crippen molar-refractivity contribution in [3.8, 4) is 0 Å². The first kappa shape index (κ1) is 11.1. The van der Waals surface area contributed by atoms with E-state index in [-0.39, 0.29) is 0 Å². The summed E-state index contributed by atoms with van der Waals surface area (Å²) < 4.78 is 1.99. The largest absolute Gasteiger partial charge is 0.330 e. The number of aryl methyl sites for hydroxylation is 1. The zero-order chi connectivity index (χ0) is 11.7. The molecule has 0 bridgehead atoms. The molecule has 0 atom stereocenters. The predicted molar refractivity (Wildman–Crippen MR) is 67.6 cm³/mol. The molecule has 0 saturated carbocycles. The van der Waals surface area contributed by atoms with Crippen LogP contribution in [0.2, 0.25) is 0 Å². The number of benzene rings is 1. The number of nitrogens with two attached hydrogens (primary N) is 1. The Kier molecular flexibility index (Phi) is 2.97. The molecule has 1 aromatic carbocycles. The standard InChI is InChI=1S/C13H19N3/c1-9(2)13-11-8-10(6-7-14)4-5-12(11)15-16(13)3/h4-5,8-9H,6-7,14H2,1-3H3. The van der Waals surface area contributed by atoms with Crippen LogP contribution in [-0.2, 0) is 13.5 Å². The fraction of sp³-hybridized carbons (Fsp3) is 0.462. The minimum absolute atomic E-state index is 0.489. The van der Waals surface area contributed by atoms with Crippen LogP contribution >= 0.6 is 0 Å².